The van der Waals surface area contributed by atoms with E-state index in [0.717, 1.165) is 14.9 Å². The zero-order valence-corrected chi connectivity index (χ0v) is 18.1. The summed E-state index contributed by atoms with van der Waals surface area (Å²) < 4.78 is 6.30. The summed E-state index contributed by atoms with van der Waals surface area (Å²) in [6.45, 7) is 1.84. The smallest absolute Gasteiger partial charge is 0.339 e. The first-order valence-corrected chi connectivity index (χ1v) is 10.0. The molecule has 1 heterocycles. The topological polar surface area (TPSA) is 87.2 Å². The maximum Gasteiger partial charge on any atom is 0.339 e. The molecule has 1 fully saturated rings. The molecule has 0 atom stereocenters. The summed E-state index contributed by atoms with van der Waals surface area (Å²) in [6.07, 6.45) is 0. The highest BCUT2D eigenvalue weighted by Gasteiger charge is 2.47. The predicted molar refractivity (Wildman–Crippen MR) is 113 cm³/mol. The van der Waals surface area contributed by atoms with Crippen LogP contribution < -0.4 is 9.64 Å². The Kier molecular flexibility index (Phi) is 6.51. The zero-order chi connectivity index (χ0) is 21.8. The third kappa shape index (κ3) is 4.20. The van der Waals surface area contributed by atoms with Crippen LogP contribution in [0.1, 0.15) is 12.5 Å². The number of para-hydroxylation sites is 2. The number of carbonyl (C=O) groups is 4. The standard InChI is InChI=1S/C21H20BrN3O5/c1-3-30-17-11-7-6-10-16(17)25-20(28)19(27)24(21(25)29)13-18(26)23(2)12-14-8-4-5-9-15(14)22/h4-11H,3,12-13H2,1-2H3. The molecule has 0 saturated carbocycles. The van der Waals surface area contributed by atoms with Crippen molar-refractivity contribution in [1.29, 1.82) is 0 Å². The lowest BCUT2D eigenvalue weighted by atomic mass is 10.2. The van der Waals surface area contributed by atoms with Crippen molar-refractivity contribution < 1.29 is 23.9 Å². The number of ether oxygens (including phenoxy) is 1. The first kappa shape index (κ1) is 21.5. The number of hydrogen-bond donors (Lipinski definition) is 0. The molecule has 30 heavy (non-hydrogen) atoms. The molecule has 156 valence electrons. The van der Waals surface area contributed by atoms with Gasteiger partial charge in [-0.15, -0.1) is 0 Å². The van der Waals surface area contributed by atoms with Crippen molar-refractivity contribution in [1.82, 2.24) is 9.80 Å². The summed E-state index contributed by atoms with van der Waals surface area (Å²) in [7, 11) is 1.57. The van der Waals surface area contributed by atoms with Gasteiger partial charge in [-0.2, -0.15) is 0 Å². The number of rotatable bonds is 7. The molecule has 1 aliphatic heterocycles. The van der Waals surface area contributed by atoms with E-state index in [1.165, 1.54) is 11.0 Å². The van der Waals surface area contributed by atoms with Crippen molar-refractivity contribution in [3.05, 3.63) is 58.6 Å². The molecule has 0 N–H and O–H groups in total. The lowest BCUT2D eigenvalue weighted by Crippen LogP contribution is -2.42. The molecule has 1 aliphatic rings. The second kappa shape index (κ2) is 9.08. The third-order valence-electron chi connectivity index (χ3n) is 4.54. The quantitative estimate of drug-likeness (QED) is 0.455. The summed E-state index contributed by atoms with van der Waals surface area (Å²) in [5.74, 6) is -2.24. The van der Waals surface area contributed by atoms with Gasteiger partial charge in [-0.05, 0) is 30.7 Å². The van der Waals surface area contributed by atoms with Crippen LogP contribution in [0.15, 0.2) is 53.0 Å². The number of halogens is 1. The van der Waals surface area contributed by atoms with E-state index in [1.807, 2.05) is 24.3 Å². The molecule has 3 rings (SSSR count). The monoisotopic (exact) mass is 473 g/mol. The first-order chi connectivity index (χ1) is 14.3. The molecular weight excluding hydrogens is 454 g/mol. The second-order valence-corrected chi connectivity index (χ2v) is 7.41. The van der Waals surface area contributed by atoms with E-state index in [2.05, 4.69) is 15.9 Å². The third-order valence-corrected chi connectivity index (χ3v) is 5.32. The van der Waals surface area contributed by atoms with Crippen molar-refractivity contribution >= 4 is 45.4 Å². The van der Waals surface area contributed by atoms with Crippen LogP contribution in [-0.2, 0) is 20.9 Å². The highest BCUT2D eigenvalue weighted by molar-refractivity contribution is 9.10. The molecule has 0 aliphatic carbocycles. The number of amides is 5. The zero-order valence-electron chi connectivity index (χ0n) is 16.5. The minimum atomic E-state index is -1.05. The minimum absolute atomic E-state index is 0.166. The summed E-state index contributed by atoms with van der Waals surface area (Å²) >= 11 is 3.42. The van der Waals surface area contributed by atoms with E-state index >= 15 is 0 Å². The van der Waals surface area contributed by atoms with E-state index in [4.69, 9.17) is 4.74 Å². The van der Waals surface area contributed by atoms with Crippen molar-refractivity contribution in [2.45, 2.75) is 13.5 Å². The molecule has 1 saturated heterocycles. The number of imide groups is 2. The molecule has 9 heteroatoms. The summed E-state index contributed by atoms with van der Waals surface area (Å²) in [5.41, 5.74) is 1.04. The fourth-order valence-electron chi connectivity index (χ4n) is 3.00. The Morgan fingerprint density at radius 3 is 2.40 bits per heavy atom. The Labute approximate surface area is 182 Å². The van der Waals surface area contributed by atoms with Crippen LogP contribution >= 0.6 is 15.9 Å². The molecule has 2 aromatic carbocycles. The van der Waals surface area contributed by atoms with Crippen LogP contribution in [0, 0.1) is 0 Å². The second-order valence-electron chi connectivity index (χ2n) is 6.56. The van der Waals surface area contributed by atoms with Crippen LogP contribution in [-0.4, -0.2) is 53.8 Å². The van der Waals surface area contributed by atoms with Gasteiger partial charge in [0.25, 0.3) is 0 Å². The van der Waals surface area contributed by atoms with Crippen LogP contribution in [0.2, 0.25) is 0 Å². The normalized spacial score (nSPS) is 13.8. The number of benzene rings is 2. The van der Waals surface area contributed by atoms with Gasteiger partial charge in [0.1, 0.15) is 12.3 Å². The van der Waals surface area contributed by atoms with Crippen molar-refractivity contribution in [2.24, 2.45) is 0 Å². The van der Waals surface area contributed by atoms with E-state index < -0.39 is 30.3 Å². The van der Waals surface area contributed by atoms with Gasteiger partial charge in [0.2, 0.25) is 5.91 Å². The van der Waals surface area contributed by atoms with Gasteiger partial charge in [0, 0.05) is 18.1 Å². The van der Waals surface area contributed by atoms with Crippen LogP contribution in [0.25, 0.3) is 0 Å². The summed E-state index contributed by atoms with van der Waals surface area (Å²) in [5, 5.41) is 0. The summed E-state index contributed by atoms with van der Waals surface area (Å²) in [6, 6.07) is 13.0. The molecule has 0 bridgehead atoms. The average Bonchev–Trinajstić information content (AvgIpc) is 2.93. The van der Waals surface area contributed by atoms with Crippen LogP contribution in [0.4, 0.5) is 10.5 Å². The Morgan fingerprint density at radius 2 is 1.70 bits per heavy atom. The van der Waals surface area contributed by atoms with Gasteiger partial charge in [-0.3, -0.25) is 14.4 Å². The SMILES string of the molecule is CCOc1ccccc1N1C(=O)C(=O)N(CC(=O)N(C)Cc2ccccc2Br)C1=O. The number of carbonyl (C=O) groups excluding carboxylic acids is 4. The maximum atomic E-state index is 12.8. The van der Waals surface area contributed by atoms with Gasteiger partial charge in [-0.25, -0.2) is 14.6 Å². The fourth-order valence-corrected chi connectivity index (χ4v) is 3.41. The van der Waals surface area contributed by atoms with E-state index in [0.29, 0.717) is 17.3 Å². The van der Waals surface area contributed by atoms with Gasteiger partial charge in [0.05, 0.1) is 12.3 Å². The van der Waals surface area contributed by atoms with Crippen molar-refractivity contribution in [3.8, 4) is 5.75 Å². The molecule has 0 aromatic heterocycles. The number of likely N-dealkylation sites (N-methyl/N-ethyl adjacent to an activating group) is 1. The Balaban J connectivity index is 1.77. The molecule has 5 amide bonds. The van der Waals surface area contributed by atoms with Gasteiger partial charge in [-0.1, -0.05) is 46.3 Å². The molecule has 0 spiro atoms. The maximum absolute atomic E-state index is 12.8. The molecule has 0 radical (unpaired) electrons. The van der Waals surface area contributed by atoms with Gasteiger partial charge >= 0.3 is 17.8 Å². The predicted octanol–water partition coefficient (Wildman–Crippen LogP) is 2.80. The molecule has 2 aromatic rings. The number of anilines is 1. The van der Waals surface area contributed by atoms with Crippen LogP contribution in [0.3, 0.4) is 0 Å². The lowest BCUT2D eigenvalue weighted by molar-refractivity contribution is -0.142. The molecular formula is C21H20BrN3O5. The van der Waals surface area contributed by atoms with Crippen molar-refractivity contribution in [3.63, 3.8) is 0 Å². The Morgan fingerprint density at radius 1 is 1.03 bits per heavy atom. The van der Waals surface area contributed by atoms with Crippen molar-refractivity contribution in [2.75, 3.05) is 25.1 Å². The summed E-state index contributed by atoms with van der Waals surface area (Å²) in [4.78, 5) is 53.2. The first-order valence-electron chi connectivity index (χ1n) is 9.24. The fraction of sp³-hybridized carbons (Fsp3) is 0.238. The van der Waals surface area contributed by atoms with E-state index in [9.17, 15) is 19.2 Å². The van der Waals surface area contributed by atoms with Gasteiger partial charge in [0.15, 0.2) is 0 Å². The number of nitrogens with zero attached hydrogens (tertiary/aromatic N) is 3. The minimum Gasteiger partial charge on any atom is -0.492 e. The molecule has 0 unspecified atom stereocenters. The Hall–Kier alpha value is -3.20. The largest absolute Gasteiger partial charge is 0.492 e. The van der Waals surface area contributed by atoms with Crippen LogP contribution in [0.5, 0.6) is 5.75 Å². The lowest BCUT2D eigenvalue weighted by Gasteiger charge is -2.21. The number of urea groups is 1. The average molecular weight is 474 g/mol. The molecule has 8 nitrogen and oxygen atoms in total. The number of hydrogen-bond acceptors (Lipinski definition) is 5. The highest BCUT2D eigenvalue weighted by atomic mass is 79.9. The highest BCUT2D eigenvalue weighted by Crippen LogP contribution is 2.31. The van der Waals surface area contributed by atoms with Gasteiger partial charge < -0.3 is 9.64 Å². The van der Waals surface area contributed by atoms with E-state index in [-0.39, 0.29) is 12.2 Å². The Bertz CT molecular complexity index is 1010. The van der Waals surface area contributed by atoms with E-state index in [1.54, 1.807) is 32.2 Å².